The van der Waals surface area contributed by atoms with Crippen LogP contribution in [0.5, 0.6) is 0 Å². The lowest BCUT2D eigenvalue weighted by atomic mass is 10.0. The number of anilines is 1. The van der Waals surface area contributed by atoms with Crippen molar-refractivity contribution < 1.29 is 9.53 Å². The molecule has 1 aromatic rings. The normalized spacial score (nSPS) is 19.0. The zero-order valence-electron chi connectivity index (χ0n) is 13.7. The average Bonchev–Trinajstić information content (AvgIpc) is 2.45. The highest BCUT2D eigenvalue weighted by atomic mass is 79.9. The molecule has 1 aliphatic heterocycles. The van der Waals surface area contributed by atoms with Crippen molar-refractivity contribution in [3.63, 3.8) is 0 Å². The molecule has 0 spiro atoms. The van der Waals surface area contributed by atoms with E-state index in [0.717, 1.165) is 29.8 Å². The van der Waals surface area contributed by atoms with Crippen LogP contribution >= 0.6 is 15.9 Å². The van der Waals surface area contributed by atoms with Crippen LogP contribution in [0.4, 0.5) is 10.6 Å². The van der Waals surface area contributed by atoms with Crippen molar-refractivity contribution in [2.75, 3.05) is 25.0 Å². The SMILES string of the molecule is CN(c1cccc(Br)n1)[C@H]1CCCN(C(=O)OC(C)(C)C)C1. The average molecular weight is 370 g/mol. The fourth-order valence-corrected chi connectivity index (χ4v) is 2.88. The summed E-state index contributed by atoms with van der Waals surface area (Å²) in [6.45, 7) is 7.10. The van der Waals surface area contributed by atoms with Crippen molar-refractivity contribution >= 4 is 27.8 Å². The standard InChI is InChI=1S/C16H24BrN3O2/c1-16(2,3)22-15(21)20-10-6-7-12(11-20)19(4)14-9-5-8-13(17)18-14/h5,8-9,12H,6-7,10-11H2,1-4H3/t12-/m0/s1. The number of amides is 1. The van der Waals surface area contributed by atoms with Crippen LogP contribution in [0.1, 0.15) is 33.6 Å². The molecule has 0 aliphatic carbocycles. The van der Waals surface area contributed by atoms with E-state index in [2.05, 4.69) is 25.8 Å². The summed E-state index contributed by atoms with van der Waals surface area (Å²) in [5.74, 6) is 0.908. The van der Waals surface area contributed by atoms with Crippen molar-refractivity contribution in [1.29, 1.82) is 0 Å². The lowest BCUT2D eigenvalue weighted by molar-refractivity contribution is 0.0199. The second kappa shape index (κ2) is 6.86. The van der Waals surface area contributed by atoms with Gasteiger partial charge in [-0.15, -0.1) is 0 Å². The molecule has 122 valence electrons. The number of hydrogen-bond donors (Lipinski definition) is 0. The predicted molar refractivity (Wildman–Crippen MR) is 91.2 cm³/mol. The zero-order chi connectivity index (χ0) is 16.3. The van der Waals surface area contributed by atoms with Gasteiger partial charge in [0.05, 0.1) is 0 Å². The van der Waals surface area contributed by atoms with Gasteiger partial charge in [0.1, 0.15) is 16.0 Å². The number of rotatable bonds is 2. The first kappa shape index (κ1) is 17.1. The maximum absolute atomic E-state index is 12.2. The number of likely N-dealkylation sites (tertiary alicyclic amines) is 1. The molecular formula is C16H24BrN3O2. The van der Waals surface area contributed by atoms with Gasteiger partial charge in [0.2, 0.25) is 0 Å². The van der Waals surface area contributed by atoms with Crippen LogP contribution in [-0.4, -0.2) is 47.8 Å². The number of carbonyl (C=O) groups is 1. The molecule has 1 saturated heterocycles. The third-order valence-electron chi connectivity index (χ3n) is 3.66. The van der Waals surface area contributed by atoms with Gasteiger partial charge in [-0.25, -0.2) is 9.78 Å². The number of ether oxygens (including phenoxy) is 1. The monoisotopic (exact) mass is 369 g/mol. The lowest BCUT2D eigenvalue weighted by Gasteiger charge is -2.38. The number of carbonyl (C=O) groups excluding carboxylic acids is 1. The van der Waals surface area contributed by atoms with E-state index in [4.69, 9.17) is 4.74 Å². The van der Waals surface area contributed by atoms with Crippen LogP contribution in [0.3, 0.4) is 0 Å². The lowest BCUT2D eigenvalue weighted by Crippen LogP contribution is -2.50. The van der Waals surface area contributed by atoms with Gasteiger partial charge in [-0.3, -0.25) is 0 Å². The third kappa shape index (κ3) is 4.60. The molecule has 0 radical (unpaired) electrons. The molecule has 5 nitrogen and oxygen atoms in total. The Morgan fingerprint density at radius 2 is 2.18 bits per heavy atom. The number of pyridine rings is 1. The maximum Gasteiger partial charge on any atom is 0.410 e. The number of likely N-dealkylation sites (N-methyl/N-ethyl adjacent to an activating group) is 1. The van der Waals surface area contributed by atoms with Gasteiger partial charge < -0.3 is 14.5 Å². The second-order valence-electron chi connectivity index (χ2n) is 6.65. The molecule has 0 aromatic carbocycles. The fraction of sp³-hybridized carbons (Fsp3) is 0.625. The van der Waals surface area contributed by atoms with Crippen LogP contribution in [0.25, 0.3) is 0 Å². The highest BCUT2D eigenvalue weighted by Crippen LogP contribution is 2.22. The Bertz CT molecular complexity index is 530. The highest BCUT2D eigenvalue weighted by molar-refractivity contribution is 9.10. The van der Waals surface area contributed by atoms with Crippen molar-refractivity contribution in [1.82, 2.24) is 9.88 Å². The summed E-state index contributed by atoms with van der Waals surface area (Å²) in [7, 11) is 2.03. The van der Waals surface area contributed by atoms with Gasteiger partial charge in [0.15, 0.2) is 0 Å². The fourth-order valence-electron chi connectivity index (χ4n) is 2.54. The van der Waals surface area contributed by atoms with Crippen LogP contribution in [0.2, 0.25) is 0 Å². The van der Waals surface area contributed by atoms with E-state index in [1.54, 1.807) is 4.90 Å². The first-order valence-electron chi connectivity index (χ1n) is 7.59. The molecule has 0 N–H and O–H groups in total. The summed E-state index contributed by atoms with van der Waals surface area (Å²) < 4.78 is 6.29. The molecule has 1 atom stereocenters. The quantitative estimate of drug-likeness (QED) is 0.745. The summed E-state index contributed by atoms with van der Waals surface area (Å²) in [6.07, 6.45) is 1.79. The molecule has 2 rings (SSSR count). The van der Waals surface area contributed by atoms with Crippen molar-refractivity contribution in [3.8, 4) is 0 Å². The minimum atomic E-state index is -0.457. The zero-order valence-corrected chi connectivity index (χ0v) is 15.3. The smallest absolute Gasteiger partial charge is 0.410 e. The van der Waals surface area contributed by atoms with E-state index in [1.165, 1.54) is 0 Å². The number of piperidine rings is 1. The molecule has 6 heteroatoms. The Balaban J connectivity index is 2.02. The molecule has 1 aliphatic rings. The first-order valence-corrected chi connectivity index (χ1v) is 8.39. The Morgan fingerprint density at radius 1 is 1.45 bits per heavy atom. The molecule has 1 fully saturated rings. The summed E-state index contributed by atoms with van der Waals surface area (Å²) >= 11 is 3.40. The van der Waals surface area contributed by atoms with Crippen LogP contribution < -0.4 is 4.90 Å². The number of nitrogens with zero attached hydrogens (tertiary/aromatic N) is 3. The van der Waals surface area contributed by atoms with Gasteiger partial charge in [-0.2, -0.15) is 0 Å². The first-order chi connectivity index (χ1) is 10.3. The minimum absolute atomic E-state index is 0.229. The Morgan fingerprint density at radius 3 is 2.82 bits per heavy atom. The van der Waals surface area contributed by atoms with Crippen LogP contribution in [0.15, 0.2) is 22.8 Å². The van der Waals surface area contributed by atoms with E-state index in [0.29, 0.717) is 6.54 Å². The van der Waals surface area contributed by atoms with E-state index in [9.17, 15) is 4.79 Å². The summed E-state index contributed by atoms with van der Waals surface area (Å²) in [6, 6.07) is 6.11. The highest BCUT2D eigenvalue weighted by Gasteiger charge is 2.29. The van der Waals surface area contributed by atoms with Gasteiger partial charge in [-0.1, -0.05) is 6.07 Å². The van der Waals surface area contributed by atoms with Gasteiger partial charge >= 0.3 is 6.09 Å². The molecule has 0 bridgehead atoms. The van der Waals surface area contributed by atoms with Crippen molar-refractivity contribution in [2.45, 2.75) is 45.3 Å². The van der Waals surface area contributed by atoms with Crippen LogP contribution in [-0.2, 0) is 4.74 Å². The maximum atomic E-state index is 12.2. The summed E-state index contributed by atoms with van der Waals surface area (Å²) in [5.41, 5.74) is -0.457. The Hall–Kier alpha value is -1.30. The number of aromatic nitrogens is 1. The molecule has 2 heterocycles. The molecule has 22 heavy (non-hydrogen) atoms. The largest absolute Gasteiger partial charge is 0.444 e. The van der Waals surface area contributed by atoms with Crippen molar-refractivity contribution in [2.24, 2.45) is 0 Å². The van der Waals surface area contributed by atoms with Gasteiger partial charge in [0, 0.05) is 26.2 Å². The van der Waals surface area contributed by atoms with Gasteiger partial charge in [-0.05, 0) is 61.7 Å². The number of halogens is 1. The minimum Gasteiger partial charge on any atom is -0.444 e. The molecule has 0 unspecified atom stereocenters. The molecule has 1 aromatic heterocycles. The summed E-state index contributed by atoms with van der Waals surface area (Å²) in [4.78, 5) is 20.7. The number of hydrogen-bond acceptors (Lipinski definition) is 4. The molecule has 1 amide bonds. The predicted octanol–water partition coefficient (Wildman–Crippen LogP) is 3.68. The molecular weight excluding hydrogens is 346 g/mol. The third-order valence-corrected chi connectivity index (χ3v) is 4.10. The van der Waals surface area contributed by atoms with E-state index in [1.807, 2.05) is 46.0 Å². The molecule has 0 saturated carbocycles. The van der Waals surface area contributed by atoms with Crippen LogP contribution in [0, 0.1) is 0 Å². The van der Waals surface area contributed by atoms with E-state index >= 15 is 0 Å². The van der Waals surface area contributed by atoms with E-state index < -0.39 is 5.60 Å². The van der Waals surface area contributed by atoms with E-state index in [-0.39, 0.29) is 12.1 Å². The van der Waals surface area contributed by atoms with Gasteiger partial charge in [0.25, 0.3) is 0 Å². The van der Waals surface area contributed by atoms with Crippen molar-refractivity contribution in [3.05, 3.63) is 22.8 Å². The Kier molecular flexibility index (Phi) is 5.32. The summed E-state index contributed by atoms with van der Waals surface area (Å²) in [5, 5.41) is 0. The second-order valence-corrected chi connectivity index (χ2v) is 7.46. The topological polar surface area (TPSA) is 45.7 Å². The Labute approximate surface area is 140 Å².